The second kappa shape index (κ2) is 7.90. The Morgan fingerprint density at radius 1 is 1.30 bits per heavy atom. The van der Waals surface area contributed by atoms with Gasteiger partial charge in [0, 0.05) is 25.2 Å². The Balaban J connectivity index is 2.23. The van der Waals surface area contributed by atoms with Gasteiger partial charge < -0.3 is 10.1 Å². The average molecular weight is 340 g/mol. The highest BCUT2D eigenvalue weighted by atomic mass is 32.2. The van der Waals surface area contributed by atoms with Crippen molar-refractivity contribution in [2.75, 3.05) is 32.8 Å². The highest BCUT2D eigenvalue weighted by Crippen LogP contribution is 2.20. The lowest BCUT2D eigenvalue weighted by molar-refractivity contribution is 0.0730. The van der Waals surface area contributed by atoms with Crippen LogP contribution >= 0.6 is 0 Å². The zero-order valence-electron chi connectivity index (χ0n) is 13.7. The van der Waals surface area contributed by atoms with Crippen molar-refractivity contribution in [1.82, 2.24) is 9.62 Å². The van der Waals surface area contributed by atoms with Crippen molar-refractivity contribution in [3.63, 3.8) is 0 Å². The zero-order chi connectivity index (χ0) is 16.9. The third-order valence-electron chi connectivity index (χ3n) is 3.88. The summed E-state index contributed by atoms with van der Waals surface area (Å²) < 4.78 is 31.9. The zero-order valence-corrected chi connectivity index (χ0v) is 14.5. The minimum atomic E-state index is -3.59. The van der Waals surface area contributed by atoms with Gasteiger partial charge in [0.15, 0.2) is 0 Å². The number of unbranched alkanes of at least 4 members (excludes halogenated alkanes) is 1. The molecule has 128 valence electrons. The van der Waals surface area contributed by atoms with Crippen molar-refractivity contribution in [2.45, 2.75) is 31.6 Å². The number of hydrogen-bond acceptors (Lipinski definition) is 4. The van der Waals surface area contributed by atoms with E-state index in [1.165, 1.54) is 10.4 Å². The van der Waals surface area contributed by atoms with E-state index < -0.39 is 10.0 Å². The number of rotatable bonds is 6. The maximum Gasteiger partial charge on any atom is 0.251 e. The number of nitrogens with zero attached hydrogens (tertiary/aromatic N) is 1. The van der Waals surface area contributed by atoms with E-state index in [0.29, 0.717) is 38.4 Å². The van der Waals surface area contributed by atoms with Gasteiger partial charge in [-0.05, 0) is 31.0 Å². The summed E-state index contributed by atoms with van der Waals surface area (Å²) in [6.45, 7) is 5.93. The number of aryl methyl sites for hydroxylation is 1. The molecule has 0 aromatic heterocycles. The molecular formula is C16H24N2O4S. The topological polar surface area (TPSA) is 75.7 Å². The SMILES string of the molecule is CCCCNC(=O)c1cc(S(=O)(=O)N2CCOCC2)ccc1C. The van der Waals surface area contributed by atoms with Crippen molar-refractivity contribution in [3.8, 4) is 0 Å². The largest absolute Gasteiger partial charge is 0.379 e. The molecule has 0 aliphatic carbocycles. The molecule has 1 aliphatic heterocycles. The van der Waals surface area contributed by atoms with E-state index in [-0.39, 0.29) is 10.8 Å². The molecule has 1 heterocycles. The molecule has 0 atom stereocenters. The second-order valence-corrected chi connectivity index (χ2v) is 7.54. The fourth-order valence-corrected chi connectivity index (χ4v) is 3.85. The van der Waals surface area contributed by atoms with Crippen LogP contribution in [0.2, 0.25) is 0 Å². The lowest BCUT2D eigenvalue weighted by Crippen LogP contribution is -2.40. The van der Waals surface area contributed by atoms with Gasteiger partial charge in [-0.2, -0.15) is 4.31 Å². The van der Waals surface area contributed by atoms with E-state index in [2.05, 4.69) is 5.32 Å². The van der Waals surface area contributed by atoms with Gasteiger partial charge in [0.1, 0.15) is 0 Å². The van der Waals surface area contributed by atoms with E-state index in [4.69, 9.17) is 4.74 Å². The normalized spacial score (nSPS) is 16.3. The smallest absolute Gasteiger partial charge is 0.251 e. The molecule has 1 saturated heterocycles. The first kappa shape index (κ1) is 17.9. The van der Waals surface area contributed by atoms with Crippen molar-refractivity contribution in [2.24, 2.45) is 0 Å². The molecule has 1 aromatic rings. The highest BCUT2D eigenvalue weighted by molar-refractivity contribution is 7.89. The third-order valence-corrected chi connectivity index (χ3v) is 5.77. The van der Waals surface area contributed by atoms with Gasteiger partial charge in [0.25, 0.3) is 5.91 Å². The molecule has 7 heteroatoms. The van der Waals surface area contributed by atoms with E-state index in [1.807, 2.05) is 6.92 Å². The van der Waals surface area contributed by atoms with Gasteiger partial charge >= 0.3 is 0 Å². The van der Waals surface area contributed by atoms with Crippen LogP contribution in [-0.2, 0) is 14.8 Å². The summed E-state index contributed by atoms with van der Waals surface area (Å²) in [6, 6.07) is 4.71. The fraction of sp³-hybridized carbons (Fsp3) is 0.562. The first-order valence-corrected chi connectivity index (χ1v) is 9.37. The molecular weight excluding hydrogens is 316 g/mol. The Morgan fingerprint density at radius 3 is 2.65 bits per heavy atom. The lowest BCUT2D eigenvalue weighted by Gasteiger charge is -2.26. The minimum absolute atomic E-state index is 0.158. The Hall–Kier alpha value is -1.44. The molecule has 1 N–H and O–H groups in total. The number of carbonyl (C=O) groups excluding carboxylic acids is 1. The standard InChI is InChI=1S/C16H24N2O4S/c1-3-4-7-17-16(19)15-12-14(6-5-13(15)2)23(20,21)18-8-10-22-11-9-18/h5-6,12H,3-4,7-11H2,1-2H3,(H,17,19). The molecule has 1 amide bonds. The molecule has 0 radical (unpaired) electrons. The van der Waals surface area contributed by atoms with Crippen LogP contribution in [0.4, 0.5) is 0 Å². The van der Waals surface area contributed by atoms with Gasteiger partial charge in [-0.3, -0.25) is 4.79 Å². The summed E-state index contributed by atoms with van der Waals surface area (Å²) in [5, 5.41) is 2.83. The van der Waals surface area contributed by atoms with E-state index in [1.54, 1.807) is 19.1 Å². The molecule has 0 saturated carbocycles. The van der Waals surface area contributed by atoms with Crippen molar-refractivity contribution >= 4 is 15.9 Å². The van der Waals surface area contributed by atoms with Crippen LogP contribution in [0, 0.1) is 6.92 Å². The number of sulfonamides is 1. The Kier molecular flexibility index (Phi) is 6.15. The maximum atomic E-state index is 12.7. The molecule has 0 spiro atoms. The first-order valence-electron chi connectivity index (χ1n) is 7.93. The third kappa shape index (κ3) is 4.31. The highest BCUT2D eigenvalue weighted by Gasteiger charge is 2.27. The molecule has 0 bridgehead atoms. The lowest BCUT2D eigenvalue weighted by atomic mass is 10.1. The van der Waals surface area contributed by atoms with Gasteiger partial charge in [-0.1, -0.05) is 19.4 Å². The van der Waals surface area contributed by atoms with Crippen molar-refractivity contribution in [1.29, 1.82) is 0 Å². The second-order valence-electron chi connectivity index (χ2n) is 5.60. The maximum absolute atomic E-state index is 12.7. The van der Waals surface area contributed by atoms with Crippen LogP contribution in [0.1, 0.15) is 35.7 Å². The number of benzene rings is 1. The summed E-state index contributed by atoms with van der Waals surface area (Å²) in [5.41, 5.74) is 1.18. The summed E-state index contributed by atoms with van der Waals surface area (Å²) in [4.78, 5) is 12.4. The summed E-state index contributed by atoms with van der Waals surface area (Å²) in [6.07, 6.45) is 1.89. The van der Waals surface area contributed by atoms with Crippen LogP contribution < -0.4 is 5.32 Å². The van der Waals surface area contributed by atoms with Crippen molar-refractivity contribution < 1.29 is 17.9 Å². The monoisotopic (exact) mass is 340 g/mol. The van der Waals surface area contributed by atoms with E-state index in [0.717, 1.165) is 18.4 Å². The molecule has 1 aliphatic rings. The minimum Gasteiger partial charge on any atom is -0.379 e. The van der Waals surface area contributed by atoms with Gasteiger partial charge in [-0.15, -0.1) is 0 Å². The number of carbonyl (C=O) groups is 1. The van der Waals surface area contributed by atoms with Crippen LogP contribution in [0.15, 0.2) is 23.1 Å². The molecule has 1 fully saturated rings. The molecule has 23 heavy (non-hydrogen) atoms. The van der Waals surface area contributed by atoms with Crippen LogP contribution in [0.25, 0.3) is 0 Å². The number of morpholine rings is 1. The van der Waals surface area contributed by atoms with Gasteiger partial charge in [0.2, 0.25) is 10.0 Å². The fourth-order valence-electron chi connectivity index (χ4n) is 2.42. The Morgan fingerprint density at radius 2 is 2.00 bits per heavy atom. The number of ether oxygens (including phenoxy) is 1. The molecule has 0 unspecified atom stereocenters. The molecule has 6 nitrogen and oxygen atoms in total. The summed E-state index contributed by atoms with van der Waals surface area (Å²) >= 11 is 0. The predicted octanol–water partition coefficient (Wildman–Crippen LogP) is 1.55. The van der Waals surface area contributed by atoms with Gasteiger partial charge in [-0.25, -0.2) is 8.42 Å². The van der Waals surface area contributed by atoms with E-state index in [9.17, 15) is 13.2 Å². The number of hydrogen-bond donors (Lipinski definition) is 1. The van der Waals surface area contributed by atoms with Gasteiger partial charge in [0.05, 0.1) is 18.1 Å². The molecule has 1 aromatic carbocycles. The molecule has 2 rings (SSSR count). The Labute approximate surface area is 137 Å². The summed E-state index contributed by atoms with van der Waals surface area (Å²) in [7, 11) is -3.59. The predicted molar refractivity (Wildman–Crippen MR) is 88.0 cm³/mol. The van der Waals surface area contributed by atoms with Crippen molar-refractivity contribution in [3.05, 3.63) is 29.3 Å². The Bertz CT molecular complexity index is 652. The number of nitrogens with one attached hydrogen (secondary N) is 1. The summed E-state index contributed by atoms with van der Waals surface area (Å²) in [5.74, 6) is -0.227. The first-order chi connectivity index (χ1) is 11.0. The number of amides is 1. The van der Waals surface area contributed by atoms with Crippen LogP contribution in [-0.4, -0.2) is 51.5 Å². The average Bonchev–Trinajstić information content (AvgIpc) is 2.56. The van der Waals surface area contributed by atoms with E-state index >= 15 is 0 Å². The quantitative estimate of drug-likeness (QED) is 0.797. The van der Waals surface area contributed by atoms with Crippen LogP contribution in [0.3, 0.4) is 0 Å². The van der Waals surface area contributed by atoms with Crippen LogP contribution in [0.5, 0.6) is 0 Å².